The van der Waals surface area contributed by atoms with Crippen LogP contribution in [0.5, 0.6) is 0 Å². The zero-order chi connectivity index (χ0) is 14.7. The molecule has 0 amide bonds. The Morgan fingerprint density at radius 2 is 2.00 bits per heavy atom. The summed E-state index contributed by atoms with van der Waals surface area (Å²) in [6.07, 6.45) is 0. The molecular weight excluding hydrogens is 319 g/mol. The molecule has 0 bridgehead atoms. The second kappa shape index (κ2) is 6.43. The van der Waals surface area contributed by atoms with Crippen LogP contribution in [-0.2, 0) is 4.74 Å². The lowest BCUT2D eigenvalue weighted by Crippen LogP contribution is -2.03. The van der Waals surface area contributed by atoms with E-state index < -0.39 is 0 Å². The van der Waals surface area contributed by atoms with Crippen LogP contribution in [0.15, 0.2) is 18.2 Å². The lowest BCUT2D eigenvalue weighted by atomic mass is 10.3. The topological polar surface area (TPSA) is 51.2 Å². The number of anilines is 2. The number of aryl methyl sites for hydroxylation is 1. The molecule has 1 N–H and O–H groups in total. The molecule has 1 aromatic heterocycles. The molecule has 1 heterocycles. The van der Waals surface area contributed by atoms with Crippen LogP contribution in [0.25, 0.3) is 0 Å². The molecule has 0 aliphatic carbocycles. The van der Waals surface area contributed by atoms with Gasteiger partial charge in [0.25, 0.3) is 0 Å². The molecule has 0 aliphatic rings. The molecule has 0 spiro atoms. The highest BCUT2D eigenvalue weighted by atomic mass is 35.5. The number of nitrogens with one attached hydrogen (secondary N) is 1. The van der Waals surface area contributed by atoms with Gasteiger partial charge in [0.15, 0.2) is 5.13 Å². The van der Waals surface area contributed by atoms with Gasteiger partial charge in [-0.1, -0.05) is 34.5 Å². The number of nitrogens with zero attached hydrogens (tertiary/aromatic N) is 1. The average molecular weight is 331 g/mol. The molecule has 0 aliphatic heterocycles. The van der Waals surface area contributed by atoms with Crippen LogP contribution in [0.2, 0.25) is 10.0 Å². The fraction of sp³-hybridized carbons (Fsp3) is 0.231. The Balaban J connectivity index is 2.22. The van der Waals surface area contributed by atoms with E-state index in [1.54, 1.807) is 32.0 Å². The molecule has 0 saturated carbocycles. The average Bonchev–Trinajstić information content (AvgIpc) is 2.69. The van der Waals surface area contributed by atoms with Crippen LogP contribution in [0.3, 0.4) is 0 Å². The lowest BCUT2D eigenvalue weighted by molar-refractivity contribution is 0.0531. The molecule has 20 heavy (non-hydrogen) atoms. The molecular formula is C13H12Cl2N2O2S. The number of thiazole rings is 1. The van der Waals surface area contributed by atoms with Crippen molar-refractivity contribution in [1.82, 2.24) is 4.98 Å². The Morgan fingerprint density at radius 3 is 2.60 bits per heavy atom. The number of rotatable bonds is 4. The fourth-order valence-electron chi connectivity index (χ4n) is 1.59. The molecule has 7 heteroatoms. The lowest BCUT2D eigenvalue weighted by Gasteiger charge is -2.03. The third-order valence-electron chi connectivity index (χ3n) is 2.37. The minimum Gasteiger partial charge on any atom is -0.462 e. The smallest absolute Gasteiger partial charge is 0.350 e. The first-order valence-electron chi connectivity index (χ1n) is 5.87. The summed E-state index contributed by atoms with van der Waals surface area (Å²) in [5.74, 6) is -0.361. The summed E-state index contributed by atoms with van der Waals surface area (Å²) in [7, 11) is 0. The van der Waals surface area contributed by atoms with Crippen molar-refractivity contribution in [2.24, 2.45) is 0 Å². The molecule has 1 aromatic carbocycles. The number of esters is 1. The Kier molecular flexibility index (Phi) is 4.86. The molecule has 2 aromatic rings. The Bertz CT molecular complexity index is 623. The Labute approximate surface area is 130 Å². The zero-order valence-electron chi connectivity index (χ0n) is 10.9. The van der Waals surface area contributed by atoms with Gasteiger partial charge in [-0.3, -0.25) is 0 Å². The number of benzene rings is 1. The number of hydrogen-bond donors (Lipinski definition) is 1. The van der Waals surface area contributed by atoms with Gasteiger partial charge in [-0.25, -0.2) is 9.78 Å². The largest absolute Gasteiger partial charge is 0.462 e. The predicted molar refractivity (Wildman–Crippen MR) is 82.6 cm³/mol. The van der Waals surface area contributed by atoms with Gasteiger partial charge in [0.1, 0.15) is 4.88 Å². The number of ether oxygens (including phenoxy) is 1. The fourth-order valence-corrected chi connectivity index (χ4v) is 2.99. The highest BCUT2D eigenvalue weighted by molar-refractivity contribution is 7.17. The predicted octanol–water partition coefficient (Wildman–Crippen LogP) is 4.68. The minimum atomic E-state index is -0.361. The molecule has 106 valence electrons. The van der Waals surface area contributed by atoms with Crippen LogP contribution < -0.4 is 5.32 Å². The summed E-state index contributed by atoms with van der Waals surface area (Å²) >= 11 is 13.1. The van der Waals surface area contributed by atoms with Crippen molar-refractivity contribution in [1.29, 1.82) is 0 Å². The van der Waals surface area contributed by atoms with Crippen LogP contribution in [0, 0.1) is 6.92 Å². The Morgan fingerprint density at radius 1 is 1.35 bits per heavy atom. The maximum Gasteiger partial charge on any atom is 0.350 e. The molecule has 0 atom stereocenters. The van der Waals surface area contributed by atoms with Crippen LogP contribution in [-0.4, -0.2) is 17.6 Å². The first kappa shape index (κ1) is 15.1. The SMILES string of the molecule is CCOC(=O)c1sc(Nc2cc(Cl)cc(Cl)c2)nc1C. The molecule has 0 unspecified atom stereocenters. The highest BCUT2D eigenvalue weighted by Gasteiger charge is 2.16. The van der Waals surface area contributed by atoms with Crippen molar-refractivity contribution in [2.45, 2.75) is 13.8 Å². The van der Waals surface area contributed by atoms with E-state index in [0.717, 1.165) is 0 Å². The van der Waals surface area contributed by atoms with Crippen LogP contribution >= 0.6 is 34.5 Å². The number of aromatic nitrogens is 1. The quantitative estimate of drug-likeness (QED) is 0.827. The van der Waals surface area contributed by atoms with Crippen molar-refractivity contribution in [3.05, 3.63) is 38.8 Å². The maximum absolute atomic E-state index is 11.7. The van der Waals surface area contributed by atoms with Gasteiger partial charge in [0.2, 0.25) is 0 Å². The van der Waals surface area contributed by atoms with E-state index >= 15 is 0 Å². The summed E-state index contributed by atoms with van der Waals surface area (Å²) in [4.78, 5) is 16.5. The normalized spacial score (nSPS) is 10.4. The zero-order valence-corrected chi connectivity index (χ0v) is 13.2. The van der Waals surface area contributed by atoms with Gasteiger partial charge < -0.3 is 10.1 Å². The van der Waals surface area contributed by atoms with Crippen molar-refractivity contribution < 1.29 is 9.53 Å². The van der Waals surface area contributed by atoms with Gasteiger partial charge in [-0.2, -0.15) is 0 Å². The summed E-state index contributed by atoms with van der Waals surface area (Å²) < 4.78 is 4.97. The van der Waals surface area contributed by atoms with E-state index in [2.05, 4.69) is 10.3 Å². The van der Waals surface area contributed by atoms with Gasteiger partial charge in [0.05, 0.1) is 12.3 Å². The van der Waals surface area contributed by atoms with Crippen molar-refractivity contribution >= 4 is 51.3 Å². The number of carbonyl (C=O) groups is 1. The second-order valence-electron chi connectivity index (χ2n) is 3.94. The summed E-state index contributed by atoms with van der Waals surface area (Å²) in [5, 5.41) is 4.71. The maximum atomic E-state index is 11.7. The van der Waals surface area contributed by atoms with E-state index in [-0.39, 0.29) is 5.97 Å². The third kappa shape index (κ3) is 3.62. The first-order valence-corrected chi connectivity index (χ1v) is 7.44. The standard InChI is InChI=1S/C13H12Cl2N2O2S/c1-3-19-12(18)11-7(2)16-13(20-11)17-10-5-8(14)4-9(15)6-10/h4-6H,3H2,1-2H3,(H,16,17). The van der Waals surface area contributed by atoms with E-state index in [1.807, 2.05) is 0 Å². The van der Waals surface area contributed by atoms with Crippen molar-refractivity contribution in [3.63, 3.8) is 0 Å². The molecule has 4 nitrogen and oxygen atoms in total. The van der Waals surface area contributed by atoms with E-state index in [1.165, 1.54) is 11.3 Å². The third-order valence-corrected chi connectivity index (χ3v) is 3.86. The molecule has 2 rings (SSSR count). The molecule has 0 saturated heterocycles. The van der Waals surface area contributed by atoms with E-state index in [0.29, 0.717) is 38.0 Å². The number of halogens is 2. The minimum absolute atomic E-state index is 0.336. The van der Waals surface area contributed by atoms with Crippen LogP contribution in [0.1, 0.15) is 22.3 Å². The van der Waals surface area contributed by atoms with Crippen LogP contribution in [0.4, 0.5) is 10.8 Å². The summed E-state index contributed by atoms with van der Waals surface area (Å²) in [6.45, 7) is 3.86. The summed E-state index contributed by atoms with van der Waals surface area (Å²) in [6, 6.07) is 5.11. The number of hydrogen-bond acceptors (Lipinski definition) is 5. The van der Waals surface area contributed by atoms with Crippen molar-refractivity contribution in [2.75, 3.05) is 11.9 Å². The van der Waals surface area contributed by atoms with Gasteiger partial charge in [-0.15, -0.1) is 0 Å². The molecule has 0 fully saturated rings. The van der Waals surface area contributed by atoms with Gasteiger partial charge in [0, 0.05) is 15.7 Å². The van der Waals surface area contributed by atoms with Gasteiger partial charge >= 0.3 is 5.97 Å². The number of carbonyl (C=O) groups excluding carboxylic acids is 1. The monoisotopic (exact) mass is 330 g/mol. The Hall–Kier alpha value is -1.30. The van der Waals surface area contributed by atoms with E-state index in [4.69, 9.17) is 27.9 Å². The van der Waals surface area contributed by atoms with Gasteiger partial charge in [-0.05, 0) is 32.0 Å². The van der Waals surface area contributed by atoms with E-state index in [9.17, 15) is 4.79 Å². The van der Waals surface area contributed by atoms with Crippen molar-refractivity contribution in [3.8, 4) is 0 Å². The first-order chi connectivity index (χ1) is 9.49. The summed E-state index contributed by atoms with van der Waals surface area (Å²) in [5.41, 5.74) is 1.34. The molecule has 0 radical (unpaired) electrons. The second-order valence-corrected chi connectivity index (χ2v) is 5.81. The highest BCUT2D eigenvalue weighted by Crippen LogP contribution is 2.29.